The molecule has 6 heteroatoms. The summed E-state index contributed by atoms with van der Waals surface area (Å²) >= 11 is 6.05. The predicted octanol–water partition coefficient (Wildman–Crippen LogP) is 3.18. The monoisotopic (exact) mass is 299 g/mol. The lowest BCUT2D eigenvalue weighted by Gasteiger charge is -2.10. The minimum Gasteiger partial charge on any atom is -0.398 e. The smallest absolute Gasteiger partial charge is 0.189 e. The van der Waals surface area contributed by atoms with Gasteiger partial charge in [0, 0.05) is 16.3 Å². The fourth-order valence-electron chi connectivity index (χ4n) is 2.28. The van der Waals surface area contributed by atoms with Crippen LogP contribution in [0.2, 0.25) is 5.02 Å². The van der Waals surface area contributed by atoms with E-state index in [-0.39, 0.29) is 0 Å². The van der Waals surface area contributed by atoms with Gasteiger partial charge in [-0.25, -0.2) is 0 Å². The van der Waals surface area contributed by atoms with Crippen LogP contribution in [0.25, 0.3) is 17.1 Å². The molecule has 5 nitrogen and oxygen atoms in total. The number of halogens is 1. The normalized spacial score (nSPS) is 10.8. The topological polar surface area (TPSA) is 69.6 Å². The highest BCUT2D eigenvalue weighted by molar-refractivity contribution is 6.31. The molecule has 1 aromatic heterocycles. The van der Waals surface area contributed by atoms with Crippen molar-refractivity contribution < 1.29 is 0 Å². The molecule has 0 saturated heterocycles. The Hall–Kier alpha value is -2.40. The van der Waals surface area contributed by atoms with E-state index in [1.165, 1.54) is 5.56 Å². The summed E-state index contributed by atoms with van der Waals surface area (Å²) in [5.74, 6) is 0.571. The van der Waals surface area contributed by atoms with Crippen molar-refractivity contribution in [3.05, 3.63) is 52.5 Å². The third-order valence-electron chi connectivity index (χ3n) is 3.31. The van der Waals surface area contributed by atoms with Crippen LogP contribution < -0.4 is 5.73 Å². The summed E-state index contributed by atoms with van der Waals surface area (Å²) in [6, 6.07) is 11.4. The van der Waals surface area contributed by atoms with E-state index < -0.39 is 0 Å². The molecule has 0 aliphatic heterocycles. The van der Waals surface area contributed by atoms with Crippen LogP contribution in [-0.2, 0) is 0 Å². The highest BCUT2D eigenvalue weighted by Gasteiger charge is 2.15. The maximum Gasteiger partial charge on any atom is 0.189 e. The molecule has 3 rings (SSSR count). The average Bonchev–Trinajstić information content (AvgIpc) is 2.90. The van der Waals surface area contributed by atoms with Crippen molar-refractivity contribution in [2.24, 2.45) is 0 Å². The Morgan fingerprint density at radius 2 is 1.90 bits per heavy atom. The zero-order chi connectivity index (χ0) is 15.0. The zero-order valence-electron chi connectivity index (χ0n) is 11.7. The average molecular weight is 300 g/mol. The van der Waals surface area contributed by atoms with Crippen molar-refractivity contribution in [3.63, 3.8) is 0 Å². The molecule has 0 amide bonds. The molecule has 0 aliphatic carbocycles. The first-order valence-electron chi connectivity index (χ1n) is 6.47. The van der Waals surface area contributed by atoms with Gasteiger partial charge in [0.05, 0.1) is 5.69 Å². The van der Waals surface area contributed by atoms with Crippen LogP contribution in [0.4, 0.5) is 5.69 Å². The number of aromatic nitrogens is 4. The molecular weight excluding hydrogens is 286 g/mol. The van der Waals surface area contributed by atoms with Gasteiger partial charge >= 0.3 is 0 Å². The number of nitrogen functional groups attached to an aromatic ring is 1. The Morgan fingerprint density at radius 3 is 2.67 bits per heavy atom. The van der Waals surface area contributed by atoms with Gasteiger partial charge < -0.3 is 5.73 Å². The van der Waals surface area contributed by atoms with Crippen molar-refractivity contribution in [1.29, 1.82) is 0 Å². The van der Waals surface area contributed by atoms with Crippen LogP contribution in [0.1, 0.15) is 11.1 Å². The Balaban J connectivity index is 2.19. The van der Waals surface area contributed by atoms with Crippen LogP contribution >= 0.6 is 11.6 Å². The number of hydrogen-bond acceptors (Lipinski definition) is 4. The van der Waals surface area contributed by atoms with E-state index in [9.17, 15) is 0 Å². The number of nitrogens with zero attached hydrogens (tertiary/aromatic N) is 4. The molecule has 1 heterocycles. The van der Waals surface area contributed by atoms with Crippen LogP contribution in [0.5, 0.6) is 0 Å². The van der Waals surface area contributed by atoms with Crippen molar-refractivity contribution in [3.8, 4) is 17.1 Å². The molecular formula is C15H14ClN5. The summed E-state index contributed by atoms with van der Waals surface area (Å²) in [6.07, 6.45) is 0. The summed E-state index contributed by atoms with van der Waals surface area (Å²) in [6.45, 7) is 4.07. The van der Waals surface area contributed by atoms with Gasteiger partial charge in [0.2, 0.25) is 0 Å². The summed E-state index contributed by atoms with van der Waals surface area (Å²) in [5, 5.41) is 12.5. The third kappa shape index (κ3) is 2.48. The van der Waals surface area contributed by atoms with Crippen LogP contribution in [0.15, 0.2) is 36.4 Å². The van der Waals surface area contributed by atoms with E-state index in [4.69, 9.17) is 17.3 Å². The molecule has 3 aromatic rings. The van der Waals surface area contributed by atoms with Gasteiger partial charge in [-0.1, -0.05) is 29.3 Å². The highest BCUT2D eigenvalue weighted by atomic mass is 35.5. The first-order valence-corrected chi connectivity index (χ1v) is 6.85. The van der Waals surface area contributed by atoms with Gasteiger partial charge in [0.25, 0.3) is 0 Å². The van der Waals surface area contributed by atoms with Crippen molar-refractivity contribution in [2.75, 3.05) is 5.73 Å². The summed E-state index contributed by atoms with van der Waals surface area (Å²) in [5.41, 5.74) is 10.5. The number of rotatable bonds is 2. The molecule has 2 N–H and O–H groups in total. The van der Waals surface area contributed by atoms with E-state index in [1.807, 2.05) is 26.0 Å². The molecule has 106 valence electrons. The van der Waals surface area contributed by atoms with Gasteiger partial charge in [-0.05, 0) is 54.1 Å². The van der Waals surface area contributed by atoms with E-state index in [1.54, 1.807) is 22.9 Å². The zero-order valence-corrected chi connectivity index (χ0v) is 12.5. The molecule has 0 radical (unpaired) electrons. The fraction of sp³-hybridized carbons (Fsp3) is 0.133. The van der Waals surface area contributed by atoms with Crippen LogP contribution in [-0.4, -0.2) is 20.2 Å². The Bertz CT molecular complexity index is 810. The Labute approximate surface area is 127 Å². The minimum atomic E-state index is 0.571. The molecule has 0 bridgehead atoms. The summed E-state index contributed by atoms with van der Waals surface area (Å²) in [4.78, 5) is 0. The SMILES string of the molecule is Cc1ccc(-n2nnnc2-c2cc(Cl)ccc2N)c(C)c1. The number of aryl methyl sites for hydroxylation is 2. The van der Waals surface area contributed by atoms with E-state index in [2.05, 4.69) is 21.6 Å². The quantitative estimate of drug-likeness (QED) is 0.738. The number of benzene rings is 2. The molecule has 21 heavy (non-hydrogen) atoms. The van der Waals surface area contributed by atoms with Crippen molar-refractivity contribution >= 4 is 17.3 Å². The Kier molecular flexibility index (Phi) is 3.35. The lowest BCUT2D eigenvalue weighted by atomic mass is 10.1. The lowest BCUT2D eigenvalue weighted by molar-refractivity contribution is 0.787. The number of hydrogen-bond donors (Lipinski definition) is 1. The predicted molar refractivity (Wildman–Crippen MR) is 83.5 cm³/mol. The van der Waals surface area contributed by atoms with Gasteiger partial charge in [-0.3, -0.25) is 0 Å². The van der Waals surface area contributed by atoms with Gasteiger partial charge in [-0.15, -0.1) is 5.10 Å². The second-order valence-electron chi connectivity index (χ2n) is 4.94. The lowest BCUT2D eigenvalue weighted by Crippen LogP contribution is -2.03. The van der Waals surface area contributed by atoms with Gasteiger partial charge in [0.1, 0.15) is 0 Å². The van der Waals surface area contributed by atoms with E-state index >= 15 is 0 Å². The van der Waals surface area contributed by atoms with Gasteiger partial charge in [0.15, 0.2) is 5.82 Å². The molecule has 0 aliphatic rings. The minimum absolute atomic E-state index is 0.571. The van der Waals surface area contributed by atoms with Crippen molar-refractivity contribution in [2.45, 2.75) is 13.8 Å². The second kappa shape index (κ2) is 5.18. The molecule has 0 atom stereocenters. The maximum atomic E-state index is 6.05. The summed E-state index contributed by atoms with van der Waals surface area (Å²) < 4.78 is 1.68. The molecule has 0 fully saturated rings. The number of nitrogens with two attached hydrogens (primary N) is 1. The van der Waals surface area contributed by atoms with Gasteiger partial charge in [-0.2, -0.15) is 4.68 Å². The van der Waals surface area contributed by atoms with E-state index in [0.717, 1.165) is 11.3 Å². The molecule has 0 spiro atoms. The van der Waals surface area contributed by atoms with Crippen LogP contribution in [0, 0.1) is 13.8 Å². The molecule has 0 unspecified atom stereocenters. The standard InChI is InChI=1S/C15H14ClN5/c1-9-3-6-14(10(2)7-9)21-15(18-19-20-21)12-8-11(16)4-5-13(12)17/h3-8H,17H2,1-2H3. The number of anilines is 1. The maximum absolute atomic E-state index is 6.05. The summed E-state index contributed by atoms with van der Waals surface area (Å²) in [7, 11) is 0. The second-order valence-corrected chi connectivity index (χ2v) is 5.37. The van der Waals surface area contributed by atoms with E-state index in [0.29, 0.717) is 22.1 Å². The van der Waals surface area contributed by atoms with Crippen molar-refractivity contribution in [1.82, 2.24) is 20.2 Å². The largest absolute Gasteiger partial charge is 0.398 e. The fourth-order valence-corrected chi connectivity index (χ4v) is 2.45. The first-order chi connectivity index (χ1) is 10.1. The molecule has 0 saturated carbocycles. The Morgan fingerprint density at radius 1 is 1.10 bits per heavy atom. The highest BCUT2D eigenvalue weighted by Crippen LogP contribution is 2.29. The van der Waals surface area contributed by atoms with Crippen LogP contribution in [0.3, 0.4) is 0 Å². The number of tetrazole rings is 1. The molecule has 2 aromatic carbocycles. The first kappa shape index (κ1) is 13.6. The third-order valence-corrected chi connectivity index (χ3v) is 3.54.